The van der Waals surface area contributed by atoms with Crippen LogP contribution in [0.4, 0.5) is 15.2 Å². The van der Waals surface area contributed by atoms with Crippen molar-refractivity contribution in [3.05, 3.63) is 70.5 Å². The number of nitrogens with zero attached hydrogens (tertiary/aromatic N) is 3. The van der Waals surface area contributed by atoms with Crippen molar-refractivity contribution < 1.29 is 18.7 Å². The van der Waals surface area contributed by atoms with Crippen molar-refractivity contribution in [3.63, 3.8) is 0 Å². The van der Waals surface area contributed by atoms with Crippen molar-refractivity contribution in [3.8, 4) is 17.7 Å². The minimum Gasteiger partial charge on any atom is -0.437 e. The topological polar surface area (TPSA) is 117 Å². The van der Waals surface area contributed by atoms with Crippen molar-refractivity contribution >= 4 is 55.9 Å². The molecule has 0 saturated carbocycles. The van der Waals surface area contributed by atoms with E-state index in [1.807, 2.05) is 0 Å². The summed E-state index contributed by atoms with van der Waals surface area (Å²) in [5, 5.41) is 15.0. The molecule has 0 saturated heterocycles. The number of nitrogens with one attached hydrogen (secondary N) is 2. The lowest BCUT2D eigenvalue weighted by molar-refractivity contribution is -0.115. The summed E-state index contributed by atoms with van der Waals surface area (Å²) in [7, 11) is 0. The number of ether oxygens (including phenoxy) is 1. The van der Waals surface area contributed by atoms with Gasteiger partial charge in [0, 0.05) is 24.1 Å². The maximum absolute atomic E-state index is 14.7. The summed E-state index contributed by atoms with van der Waals surface area (Å²) in [6, 6.07) is 14.3. The van der Waals surface area contributed by atoms with Crippen LogP contribution in [0, 0.1) is 17.1 Å². The number of pyridine rings is 1. The van der Waals surface area contributed by atoms with Gasteiger partial charge in [-0.3, -0.25) is 9.59 Å². The number of aromatic nitrogens is 2. The molecule has 2 amide bonds. The number of hydrogen-bond acceptors (Lipinski definition) is 7. The van der Waals surface area contributed by atoms with Gasteiger partial charge in [0.1, 0.15) is 21.9 Å². The quantitative estimate of drug-likeness (QED) is 0.271. The standard InChI is InChI=1S/C26H21ClFN5O3S/c1-4-21(34)32-25-31-18-8-9-22(33-24(18)37-25)36-20-12-19(17(28)11-16(20)27)30-23(35)14-6-5-7-15(10-14)26(2,3)13-29/h5-12H,4H2,1-3H3,(H,30,35)(H,31,32,34). The maximum atomic E-state index is 14.7. The predicted octanol–water partition coefficient (Wildman–Crippen LogP) is 6.68. The van der Waals surface area contributed by atoms with Gasteiger partial charge in [0.05, 0.1) is 22.2 Å². The summed E-state index contributed by atoms with van der Waals surface area (Å²) >= 11 is 7.38. The number of nitriles is 1. The molecule has 2 N–H and O–H groups in total. The Bertz CT molecular complexity index is 1560. The molecule has 8 nitrogen and oxygen atoms in total. The Morgan fingerprint density at radius 2 is 1.95 bits per heavy atom. The third-order valence-corrected chi connectivity index (χ3v) is 6.58. The van der Waals surface area contributed by atoms with Crippen molar-refractivity contribution in [2.75, 3.05) is 10.6 Å². The second kappa shape index (κ2) is 10.5. The van der Waals surface area contributed by atoms with Crippen LogP contribution in [0.25, 0.3) is 10.3 Å². The molecule has 4 aromatic rings. The number of halogens is 2. The van der Waals surface area contributed by atoms with Gasteiger partial charge in [-0.1, -0.05) is 42.0 Å². The molecule has 0 aliphatic rings. The summed E-state index contributed by atoms with van der Waals surface area (Å²) in [5.41, 5.74) is 0.560. The van der Waals surface area contributed by atoms with Gasteiger partial charge in [0.25, 0.3) is 5.91 Å². The van der Waals surface area contributed by atoms with Gasteiger partial charge in [-0.05, 0) is 43.7 Å². The Balaban J connectivity index is 1.56. The van der Waals surface area contributed by atoms with Gasteiger partial charge in [-0.2, -0.15) is 5.26 Å². The zero-order chi connectivity index (χ0) is 26.7. The number of rotatable bonds is 7. The second-order valence-corrected chi connectivity index (χ2v) is 9.92. The molecule has 2 aromatic carbocycles. The molecule has 0 aliphatic carbocycles. The van der Waals surface area contributed by atoms with E-state index >= 15 is 0 Å². The third kappa shape index (κ3) is 5.85. The van der Waals surface area contributed by atoms with E-state index in [9.17, 15) is 19.2 Å². The molecule has 0 aliphatic heterocycles. The summed E-state index contributed by atoms with van der Waals surface area (Å²) < 4.78 is 20.4. The van der Waals surface area contributed by atoms with Gasteiger partial charge < -0.3 is 15.4 Å². The monoisotopic (exact) mass is 537 g/mol. The average Bonchev–Trinajstić information content (AvgIpc) is 3.28. The van der Waals surface area contributed by atoms with E-state index in [0.717, 1.165) is 6.07 Å². The lowest BCUT2D eigenvalue weighted by Gasteiger charge is -2.17. The molecular weight excluding hydrogens is 517 g/mol. The zero-order valence-corrected chi connectivity index (χ0v) is 21.6. The highest BCUT2D eigenvalue weighted by atomic mass is 35.5. The van der Waals surface area contributed by atoms with Crippen LogP contribution >= 0.6 is 22.9 Å². The Morgan fingerprint density at radius 1 is 1.16 bits per heavy atom. The van der Waals surface area contributed by atoms with E-state index in [0.29, 0.717) is 27.5 Å². The minimum absolute atomic E-state index is 0.0182. The van der Waals surface area contributed by atoms with E-state index < -0.39 is 17.1 Å². The molecule has 0 bridgehead atoms. The molecule has 2 aromatic heterocycles. The Hall–Kier alpha value is -4.07. The van der Waals surface area contributed by atoms with Crippen LogP contribution in [0.2, 0.25) is 5.02 Å². The van der Waals surface area contributed by atoms with Gasteiger partial charge in [-0.15, -0.1) is 0 Å². The highest BCUT2D eigenvalue weighted by molar-refractivity contribution is 7.21. The number of hydrogen-bond donors (Lipinski definition) is 2. The molecule has 0 fully saturated rings. The van der Waals surface area contributed by atoms with E-state index in [2.05, 4.69) is 26.7 Å². The first-order valence-electron chi connectivity index (χ1n) is 11.2. The molecule has 37 heavy (non-hydrogen) atoms. The lowest BCUT2D eigenvalue weighted by atomic mass is 9.85. The smallest absolute Gasteiger partial charge is 0.255 e. The fourth-order valence-electron chi connectivity index (χ4n) is 3.24. The number of fused-ring (bicyclic) bond motifs is 1. The van der Waals surface area contributed by atoms with E-state index in [1.54, 1.807) is 57.2 Å². The second-order valence-electron chi connectivity index (χ2n) is 8.53. The minimum atomic E-state index is -0.794. The lowest BCUT2D eigenvalue weighted by Crippen LogP contribution is -2.17. The normalized spacial score (nSPS) is 11.1. The summed E-state index contributed by atoms with van der Waals surface area (Å²) in [6.07, 6.45) is 0.322. The number of carbonyl (C=O) groups is 2. The van der Waals surface area contributed by atoms with E-state index in [4.69, 9.17) is 16.3 Å². The third-order valence-electron chi connectivity index (χ3n) is 5.41. The molecule has 0 unspecified atom stereocenters. The molecule has 4 rings (SSSR count). The highest BCUT2D eigenvalue weighted by Gasteiger charge is 2.21. The van der Waals surface area contributed by atoms with E-state index in [-0.39, 0.29) is 33.8 Å². The Labute approximate surface area is 221 Å². The first kappa shape index (κ1) is 26.0. The number of thiazole rings is 1. The van der Waals surface area contributed by atoms with Crippen molar-refractivity contribution in [1.29, 1.82) is 5.26 Å². The fourth-order valence-corrected chi connectivity index (χ4v) is 4.28. The van der Waals surface area contributed by atoms with Gasteiger partial charge in [0.2, 0.25) is 11.8 Å². The Morgan fingerprint density at radius 3 is 2.68 bits per heavy atom. The summed E-state index contributed by atoms with van der Waals surface area (Å²) in [4.78, 5) is 33.7. The van der Waals surface area contributed by atoms with Crippen LogP contribution in [0.1, 0.15) is 43.1 Å². The number of amides is 2. The first-order valence-corrected chi connectivity index (χ1v) is 12.4. The van der Waals surface area contributed by atoms with Gasteiger partial charge in [-0.25, -0.2) is 14.4 Å². The SMILES string of the molecule is CCC(=O)Nc1nc2ccc(Oc3cc(NC(=O)c4cccc(C(C)(C)C#N)c4)c(F)cc3Cl)nc2s1. The first-order chi connectivity index (χ1) is 17.6. The molecule has 188 valence electrons. The highest BCUT2D eigenvalue weighted by Crippen LogP contribution is 2.35. The van der Waals surface area contributed by atoms with Crippen LogP contribution in [0.15, 0.2) is 48.5 Å². The molecular formula is C26H21ClFN5O3S. The van der Waals surface area contributed by atoms with Crippen LogP contribution in [0.3, 0.4) is 0 Å². The maximum Gasteiger partial charge on any atom is 0.255 e. The molecule has 0 spiro atoms. The van der Waals surface area contributed by atoms with Crippen molar-refractivity contribution in [1.82, 2.24) is 9.97 Å². The van der Waals surface area contributed by atoms with Crippen molar-refractivity contribution in [2.24, 2.45) is 0 Å². The molecule has 0 radical (unpaired) electrons. The largest absolute Gasteiger partial charge is 0.437 e. The number of benzene rings is 2. The van der Waals surface area contributed by atoms with Gasteiger partial charge in [0.15, 0.2) is 5.13 Å². The Kier molecular flexibility index (Phi) is 7.38. The van der Waals surface area contributed by atoms with Crippen LogP contribution < -0.4 is 15.4 Å². The number of anilines is 2. The van der Waals surface area contributed by atoms with Crippen molar-refractivity contribution in [2.45, 2.75) is 32.6 Å². The van der Waals surface area contributed by atoms with Crippen LogP contribution in [-0.2, 0) is 10.2 Å². The van der Waals surface area contributed by atoms with Gasteiger partial charge >= 0.3 is 0 Å². The molecule has 2 heterocycles. The van der Waals surface area contributed by atoms with Crippen LogP contribution in [0.5, 0.6) is 11.6 Å². The summed E-state index contributed by atoms with van der Waals surface area (Å²) in [6.45, 7) is 5.22. The zero-order valence-electron chi connectivity index (χ0n) is 20.1. The molecule has 11 heteroatoms. The predicted molar refractivity (Wildman–Crippen MR) is 141 cm³/mol. The van der Waals surface area contributed by atoms with Crippen LogP contribution in [-0.4, -0.2) is 21.8 Å². The van der Waals surface area contributed by atoms with E-state index in [1.165, 1.54) is 17.4 Å². The average molecular weight is 538 g/mol. The summed E-state index contributed by atoms with van der Waals surface area (Å²) in [5.74, 6) is -1.23. The fraction of sp³-hybridized carbons (Fsp3) is 0.192. The number of carbonyl (C=O) groups excluding carboxylic acids is 2. The molecule has 0 atom stereocenters.